The van der Waals surface area contributed by atoms with Gasteiger partial charge in [-0.2, -0.15) is 0 Å². The van der Waals surface area contributed by atoms with Crippen molar-refractivity contribution in [3.63, 3.8) is 0 Å². The molecule has 1 aliphatic rings. The van der Waals surface area contributed by atoms with E-state index in [9.17, 15) is 4.79 Å². The first-order chi connectivity index (χ1) is 16.3. The number of anilines is 2. The summed E-state index contributed by atoms with van der Waals surface area (Å²) in [5, 5.41) is 8.85. The van der Waals surface area contributed by atoms with Gasteiger partial charge in [-0.3, -0.25) is 15.1 Å². The van der Waals surface area contributed by atoms with E-state index in [0.717, 1.165) is 40.9 Å². The molecule has 0 aliphatic carbocycles. The first-order valence-electron chi connectivity index (χ1n) is 10.9. The first kappa shape index (κ1) is 20.1. The maximum absolute atomic E-state index is 13.2. The molecular weight excluding hydrogens is 450 g/mol. The molecule has 6 rings (SSSR count). The highest BCUT2D eigenvalue weighted by Crippen LogP contribution is 2.37. The third-order valence-electron chi connectivity index (χ3n) is 6.02. The lowest BCUT2D eigenvalue weighted by Crippen LogP contribution is -2.22. The topological polar surface area (TPSA) is 63.1 Å². The van der Waals surface area contributed by atoms with Gasteiger partial charge < -0.3 is 9.47 Å². The van der Waals surface area contributed by atoms with Crippen molar-refractivity contribution in [2.24, 2.45) is 0 Å². The number of hydrogen-bond donors (Lipinski definition) is 1. The first-order valence-corrected chi connectivity index (χ1v) is 12.6. The van der Waals surface area contributed by atoms with E-state index < -0.39 is 0 Å². The zero-order valence-electron chi connectivity index (χ0n) is 17.7. The summed E-state index contributed by atoms with van der Waals surface area (Å²) in [6, 6.07) is 16.4. The average Bonchev–Trinajstić information content (AvgIpc) is 3.65. The molecule has 1 unspecified atom stereocenters. The number of nitrogens with one attached hydrogen (secondary N) is 1. The predicted molar refractivity (Wildman–Crippen MR) is 135 cm³/mol. The van der Waals surface area contributed by atoms with E-state index in [2.05, 4.69) is 50.2 Å². The van der Waals surface area contributed by atoms with E-state index in [1.807, 2.05) is 41.2 Å². The Kier molecular flexibility index (Phi) is 5.16. The molecule has 1 amide bonds. The van der Waals surface area contributed by atoms with Crippen molar-refractivity contribution in [1.82, 2.24) is 14.5 Å². The molecule has 1 aromatic carbocycles. The largest absolute Gasteiger partial charge is 0.363 e. The van der Waals surface area contributed by atoms with Crippen LogP contribution in [0.5, 0.6) is 0 Å². The molecule has 5 aromatic rings. The number of nitrogens with zero attached hydrogens (tertiary/aromatic N) is 4. The summed E-state index contributed by atoms with van der Waals surface area (Å²) in [7, 11) is 0. The smallest absolute Gasteiger partial charge is 0.274 e. The Morgan fingerprint density at radius 1 is 1.06 bits per heavy atom. The van der Waals surface area contributed by atoms with Gasteiger partial charge >= 0.3 is 0 Å². The zero-order valence-corrected chi connectivity index (χ0v) is 19.4. The van der Waals surface area contributed by atoms with Gasteiger partial charge in [-0.05, 0) is 43.2 Å². The van der Waals surface area contributed by atoms with E-state index in [1.165, 1.54) is 17.0 Å². The van der Waals surface area contributed by atoms with Gasteiger partial charge in [0.1, 0.15) is 5.69 Å². The van der Waals surface area contributed by atoms with E-state index in [-0.39, 0.29) is 11.9 Å². The van der Waals surface area contributed by atoms with Crippen LogP contribution in [0.3, 0.4) is 0 Å². The number of fused-ring (bicyclic) bond motifs is 1. The average molecular weight is 472 g/mol. The van der Waals surface area contributed by atoms with E-state index in [0.29, 0.717) is 10.8 Å². The third kappa shape index (κ3) is 3.71. The number of thiophene rings is 1. The van der Waals surface area contributed by atoms with E-state index in [1.54, 1.807) is 17.5 Å². The van der Waals surface area contributed by atoms with Crippen molar-refractivity contribution in [3.05, 3.63) is 89.3 Å². The fraction of sp³-hybridized carbons (Fsp3) is 0.160. The molecule has 1 saturated heterocycles. The minimum Gasteiger partial charge on any atom is -0.363 e. The number of amides is 1. The third-order valence-corrected chi connectivity index (χ3v) is 7.72. The van der Waals surface area contributed by atoms with Crippen molar-refractivity contribution in [2.45, 2.75) is 18.9 Å². The molecule has 6 nitrogen and oxygen atoms in total. The molecule has 164 valence electrons. The highest BCUT2D eigenvalue weighted by atomic mass is 32.1. The molecule has 1 atom stereocenters. The molecule has 1 N–H and O–H groups in total. The lowest BCUT2D eigenvalue weighted by molar-refractivity contribution is 0.102. The summed E-state index contributed by atoms with van der Waals surface area (Å²) < 4.78 is 3.02. The number of aromatic nitrogens is 3. The Balaban J connectivity index is 1.23. The molecule has 1 aliphatic heterocycles. The van der Waals surface area contributed by atoms with E-state index in [4.69, 9.17) is 4.98 Å². The molecule has 0 saturated carbocycles. The maximum Gasteiger partial charge on any atom is 0.274 e. The monoisotopic (exact) mass is 471 g/mol. The number of carbonyl (C=O) groups is 1. The second kappa shape index (κ2) is 8.46. The van der Waals surface area contributed by atoms with Gasteiger partial charge in [0.2, 0.25) is 0 Å². The fourth-order valence-electron chi connectivity index (χ4n) is 4.49. The highest BCUT2D eigenvalue weighted by molar-refractivity contribution is 7.17. The van der Waals surface area contributed by atoms with Crippen molar-refractivity contribution in [1.29, 1.82) is 0 Å². The Labute approximate surface area is 199 Å². The number of rotatable bonds is 5. The Hall–Kier alpha value is -3.49. The number of carbonyl (C=O) groups excluding carboxylic acids is 1. The second-order valence-electron chi connectivity index (χ2n) is 7.97. The van der Waals surface area contributed by atoms with Gasteiger partial charge in [-0.25, -0.2) is 4.98 Å². The number of pyridine rings is 1. The van der Waals surface area contributed by atoms with Gasteiger partial charge in [0.05, 0.1) is 22.1 Å². The number of para-hydroxylation sites is 1. The van der Waals surface area contributed by atoms with Crippen LogP contribution in [0, 0.1) is 0 Å². The van der Waals surface area contributed by atoms with Crippen LogP contribution in [-0.2, 0) is 0 Å². The van der Waals surface area contributed by atoms with Crippen LogP contribution in [0.15, 0.2) is 77.9 Å². The van der Waals surface area contributed by atoms with Crippen molar-refractivity contribution in [2.75, 3.05) is 16.8 Å². The highest BCUT2D eigenvalue weighted by Gasteiger charge is 2.28. The SMILES string of the molecule is O=C(Nc1nc(C2CCCN2c2ccccc2)cs1)c1cccn1-c1csc2cnccc12. The summed E-state index contributed by atoms with van der Waals surface area (Å²) in [4.78, 5) is 24.5. The van der Waals surface area contributed by atoms with Gasteiger partial charge in [0.15, 0.2) is 5.13 Å². The molecule has 33 heavy (non-hydrogen) atoms. The predicted octanol–water partition coefficient (Wildman–Crippen LogP) is 6.14. The van der Waals surface area contributed by atoms with Crippen LogP contribution in [0.2, 0.25) is 0 Å². The lowest BCUT2D eigenvalue weighted by atomic mass is 10.1. The van der Waals surface area contributed by atoms with Gasteiger partial charge in [-0.15, -0.1) is 22.7 Å². The summed E-state index contributed by atoms with van der Waals surface area (Å²) >= 11 is 3.10. The quantitative estimate of drug-likeness (QED) is 0.335. The van der Waals surface area contributed by atoms with Crippen LogP contribution >= 0.6 is 22.7 Å². The molecule has 1 fully saturated rings. The van der Waals surface area contributed by atoms with Crippen molar-refractivity contribution < 1.29 is 4.79 Å². The second-order valence-corrected chi connectivity index (χ2v) is 9.74. The van der Waals surface area contributed by atoms with Crippen LogP contribution in [0.4, 0.5) is 10.8 Å². The van der Waals surface area contributed by atoms with Crippen molar-refractivity contribution >= 4 is 49.5 Å². The Morgan fingerprint density at radius 3 is 2.88 bits per heavy atom. The zero-order chi connectivity index (χ0) is 22.2. The summed E-state index contributed by atoms with van der Waals surface area (Å²) in [5.41, 5.74) is 3.80. The summed E-state index contributed by atoms with van der Waals surface area (Å²) in [5.74, 6) is -0.166. The minimum absolute atomic E-state index is 0.166. The Morgan fingerprint density at radius 2 is 1.97 bits per heavy atom. The molecule has 0 radical (unpaired) electrons. The van der Waals surface area contributed by atoms with E-state index >= 15 is 0 Å². The molecule has 0 bridgehead atoms. The fourth-order valence-corrected chi connectivity index (χ4v) is 6.14. The van der Waals surface area contributed by atoms with Crippen molar-refractivity contribution in [3.8, 4) is 5.69 Å². The van der Waals surface area contributed by atoms with Gasteiger partial charge in [0.25, 0.3) is 5.91 Å². The molecule has 8 heteroatoms. The van der Waals surface area contributed by atoms with Crippen LogP contribution in [-0.4, -0.2) is 27.0 Å². The lowest BCUT2D eigenvalue weighted by Gasteiger charge is -2.25. The van der Waals surface area contributed by atoms with Crippen LogP contribution < -0.4 is 10.2 Å². The van der Waals surface area contributed by atoms with Crippen LogP contribution in [0.1, 0.15) is 35.1 Å². The number of hydrogen-bond acceptors (Lipinski definition) is 6. The van der Waals surface area contributed by atoms with Crippen LogP contribution in [0.25, 0.3) is 15.8 Å². The number of thiazole rings is 1. The number of benzene rings is 1. The standard InChI is InChI=1S/C25H21N5OS2/c31-24(21-9-5-13-30(21)22-16-32-23-14-26-11-10-18(22)23)28-25-27-19(15-33-25)20-8-4-12-29(20)17-6-2-1-3-7-17/h1-3,5-7,9-11,13-16,20H,4,8,12H2,(H,27,28,31). The molecule has 0 spiro atoms. The summed E-state index contributed by atoms with van der Waals surface area (Å²) in [6.07, 6.45) is 7.75. The summed E-state index contributed by atoms with van der Waals surface area (Å²) in [6.45, 7) is 1.02. The van der Waals surface area contributed by atoms with Gasteiger partial charge in [0, 0.05) is 47.0 Å². The molecule has 5 heterocycles. The molecule has 4 aromatic heterocycles. The van der Waals surface area contributed by atoms with Gasteiger partial charge in [-0.1, -0.05) is 18.2 Å². The minimum atomic E-state index is -0.166. The molecular formula is C25H21N5OS2. The normalized spacial score (nSPS) is 15.9. The maximum atomic E-state index is 13.2. The Bertz CT molecular complexity index is 1420.